The molecule has 2 heteroatoms. The number of ether oxygens (including phenoxy) is 1. The van der Waals surface area contributed by atoms with Crippen LogP contribution >= 0.6 is 0 Å². The zero-order valence-corrected chi connectivity index (χ0v) is 12.9. The van der Waals surface area contributed by atoms with E-state index >= 15 is 0 Å². The molecule has 0 atom stereocenters. The molecule has 2 nitrogen and oxygen atoms in total. The van der Waals surface area contributed by atoms with Gasteiger partial charge >= 0.3 is 0 Å². The fourth-order valence-electron chi connectivity index (χ4n) is 2.43. The second-order valence-corrected chi connectivity index (χ2v) is 5.22. The van der Waals surface area contributed by atoms with Gasteiger partial charge in [-0.3, -0.25) is 0 Å². The van der Waals surface area contributed by atoms with E-state index in [1.165, 1.54) is 16.3 Å². The second-order valence-electron chi connectivity index (χ2n) is 5.22. The Labute approximate surface area is 127 Å². The first-order chi connectivity index (χ1) is 10.4. The third-order valence-electron chi connectivity index (χ3n) is 3.54. The molecule has 0 aliphatic rings. The standard InChI is InChI=1S/C19H25NO/c1-3-5-8-14-21-19-12-11-16-9-6-7-10-17(16)18(19)15-20-13-4-2/h3,6-7,9-12,20H,1,4-5,8,13-15H2,2H3. The maximum atomic E-state index is 5.99. The number of fused-ring (bicyclic) bond motifs is 1. The van der Waals surface area contributed by atoms with Crippen LogP contribution in [0.4, 0.5) is 0 Å². The summed E-state index contributed by atoms with van der Waals surface area (Å²) < 4.78 is 5.99. The highest BCUT2D eigenvalue weighted by molar-refractivity contribution is 5.87. The highest BCUT2D eigenvalue weighted by Crippen LogP contribution is 2.28. The Morgan fingerprint density at radius 3 is 2.86 bits per heavy atom. The van der Waals surface area contributed by atoms with Gasteiger partial charge < -0.3 is 10.1 Å². The number of nitrogens with one attached hydrogen (secondary N) is 1. The zero-order chi connectivity index (χ0) is 14.9. The number of unbranched alkanes of at least 4 members (excludes halogenated alkanes) is 1. The van der Waals surface area contributed by atoms with Crippen molar-refractivity contribution in [2.24, 2.45) is 0 Å². The SMILES string of the molecule is C=CCCCOc1ccc2ccccc2c1CNCCC. The average Bonchev–Trinajstić information content (AvgIpc) is 2.53. The predicted molar refractivity (Wildman–Crippen MR) is 90.9 cm³/mol. The molecule has 0 unspecified atom stereocenters. The van der Waals surface area contributed by atoms with Crippen LogP contribution in [0.1, 0.15) is 31.7 Å². The zero-order valence-electron chi connectivity index (χ0n) is 12.9. The first kappa shape index (κ1) is 15.6. The predicted octanol–water partition coefficient (Wildman–Crippen LogP) is 4.68. The minimum atomic E-state index is 0.741. The summed E-state index contributed by atoms with van der Waals surface area (Å²) in [4.78, 5) is 0. The van der Waals surface area contributed by atoms with Gasteiger partial charge in [0, 0.05) is 12.1 Å². The normalized spacial score (nSPS) is 10.7. The van der Waals surface area contributed by atoms with Gasteiger partial charge in [-0.1, -0.05) is 43.3 Å². The minimum absolute atomic E-state index is 0.741. The van der Waals surface area contributed by atoms with E-state index in [1.807, 2.05) is 6.08 Å². The van der Waals surface area contributed by atoms with Gasteiger partial charge in [0.05, 0.1) is 6.61 Å². The largest absolute Gasteiger partial charge is 0.493 e. The van der Waals surface area contributed by atoms with Crippen molar-refractivity contribution in [2.45, 2.75) is 32.7 Å². The highest BCUT2D eigenvalue weighted by Gasteiger charge is 2.08. The summed E-state index contributed by atoms with van der Waals surface area (Å²) in [5.41, 5.74) is 1.26. The topological polar surface area (TPSA) is 21.3 Å². The first-order valence-electron chi connectivity index (χ1n) is 7.82. The van der Waals surface area contributed by atoms with E-state index in [1.54, 1.807) is 0 Å². The summed E-state index contributed by atoms with van der Waals surface area (Å²) >= 11 is 0. The van der Waals surface area contributed by atoms with Gasteiger partial charge in [-0.25, -0.2) is 0 Å². The van der Waals surface area contributed by atoms with Crippen molar-refractivity contribution in [2.75, 3.05) is 13.2 Å². The van der Waals surface area contributed by atoms with Crippen molar-refractivity contribution < 1.29 is 4.74 Å². The number of hydrogen-bond donors (Lipinski definition) is 1. The second kappa shape index (κ2) is 8.48. The van der Waals surface area contributed by atoms with Crippen LogP contribution in [-0.2, 0) is 6.54 Å². The Morgan fingerprint density at radius 2 is 2.05 bits per heavy atom. The van der Waals surface area contributed by atoms with E-state index in [2.05, 4.69) is 55.2 Å². The van der Waals surface area contributed by atoms with E-state index in [0.29, 0.717) is 0 Å². The molecule has 1 N–H and O–H groups in total. The molecule has 0 spiro atoms. The van der Waals surface area contributed by atoms with Crippen LogP contribution in [0.25, 0.3) is 10.8 Å². The van der Waals surface area contributed by atoms with E-state index < -0.39 is 0 Å². The summed E-state index contributed by atoms with van der Waals surface area (Å²) in [5.74, 6) is 1.00. The molecular formula is C19H25NO. The van der Waals surface area contributed by atoms with Crippen molar-refractivity contribution in [3.05, 3.63) is 54.6 Å². The summed E-state index contributed by atoms with van der Waals surface area (Å²) in [5, 5.41) is 6.04. The van der Waals surface area contributed by atoms with Crippen LogP contribution in [0.5, 0.6) is 5.75 Å². The van der Waals surface area contributed by atoms with E-state index in [0.717, 1.165) is 44.7 Å². The van der Waals surface area contributed by atoms with E-state index in [4.69, 9.17) is 4.74 Å². The first-order valence-corrected chi connectivity index (χ1v) is 7.82. The molecule has 0 aliphatic carbocycles. The van der Waals surface area contributed by atoms with Crippen molar-refractivity contribution in [1.29, 1.82) is 0 Å². The average molecular weight is 283 g/mol. The number of hydrogen-bond acceptors (Lipinski definition) is 2. The summed E-state index contributed by atoms with van der Waals surface area (Å²) in [6.07, 6.45) is 5.09. The van der Waals surface area contributed by atoms with Crippen LogP contribution in [0.2, 0.25) is 0 Å². The lowest BCUT2D eigenvalue weighted by molar-refractivity contribution is 0.309. The quantitative estimate of drug-likeness (QED) is 0.533. The molecule has 0 heterocycles. The van der Waals surface area contributed by atoms with Crippen LogP contribution < -0.4 is 10.1 Å². The van der Waals surface area contributed by atoms with Gasteiger partial charge in [0.15, 0.2) is 0 Å². The Kier molecular flexibility index (Phi) is 6.29. The van der Waals surface area contributed by atoms with Crippen molar-refractivity contribution in [3.8, 4) is 5.75 Å². The third kappa shape index (κ3) is 4.33. The molecule has 0 aromatic heterocycles. The van der Waals surface area contributed by atoms with Crippen LogP contribution in [0.3, 0.4) is 0 Å². The summed E-state index contributed by atoms with van der Waals surface area (Å²) in [7, 11) is 0. The smallest absolute Gasteiger partial charge is 0.124 e. The maximum Gasteiger partial charge on any atom is 0.124 e. The van der Waals surface area contributed by atoms with Crippen molar-refractivity contribution in [3.63, 3.8) is 0 Å². The Hall–Kier alpha value is -1.80. The lowest BCUT2D eigenvalue weighted by atomic mass is 10.0. The molecular weight excluding hydrogens is 258 g/mol. The van der Waals surface area contributed by atoms with Gasteiger partial charge in [-0.2, -0.15) is 0 Å². The van der Waals surface area contributed by atoms with Crippen molar-refractivity contribution >= 4 is 10.8 Å². The monoisotopic (exact) mass is 283 g/mol. The molecule has 2 aromatic rings. The molecule has 112 valence electrons. The molecule has 21 heavy (non-hydrogen) atoms. The molecule has 0 aliphatic heterocycles. The molecule has 0 fully saturated rings. The van der Waals surface area contributed by atoms with E-state index in [9.17, 15) is 0 Å². The molecule has 0 saturated heterocycles. The molecule has 0 saturated carbocycles. The van der Waals surface area contributed by atoms with Gasteiger partial charge in [0.2, 0.25) is 0 Å². The van der Waals surface area contributed by atoms with Crippen LogP contribution in [0, 0.1) is 0 Å². The third-order valence-corrected chi connectivity index (χ3v) is 3.54. The van der Waals surface area contributed by atoms with Gasteiger partial charge in [0.1, 0.15) is 5.75 Å². The molecule has 2 aromatic carbocycles. The highest BCUT2D eigenvalue weighted by atomic mass is 16.5. The van der Waals surface area contributed by atoms with E-state index in [-0.39, 0.29) is 0 Å². The lowest BCUT2D eigenvalue weighted by Crippen LogP contribution is -2.15. The van der Waals surface area contributed by atoms with Crippen molar-refractivity contribution in [1.82, 2.24) is 5.32 Å². The Bertz CT molecular complexity index is 577. The van der Waals surface area contributed by atoms with Gasteiger partial charge in [-0.15, -0.1) is 6.58 Å². The Balaban J connectivity index is 2.20. The summed E-state index contributed by atoms with van der Waals surface area (Å²) in [6, 6.07) is 12.7. The molecule has 2 rings (SSSR count). The number of benzene rings is 2. The van der Waals surface area contributed by atoms with Crippen LogP contribution in [-0.4, -0.2) is 13.2 Å². The fourth-order valence-corrected chi connectivity index (χ4v) is 2.43. The fraction of sp³-hybridized carbons (Fsp3) is 0.368. The number of rotatable bonds is 9. The minimum Gasteiger partial charge on any atom is -0.493 e. The lowest BCUT2D eigenvalue weighted by Gasteiger charge is -2.15. The molecule has 0 amide bonds. The molecule has 0 bridgehead atoms. The maximum absolute atomic E-state index is 5.99. The number of allylic oxidation sites excluding steroid dienone is 1. The van der Waals surface area contributed by atoms with Gasteiger partial charge in [0.25, 0.3) is 0 Å². The molecule has 0 radical (unpaired) electrons. The van der Waals surface area contributed by atoms with Gasteiger partial charge in [-0.05, 0) is 42.6 Å². The van der Waals surface area contributed by atoms with Crippen LogP contribution in [0.15, 0.2) is 49.1 Å². The Morgan fingerprint density at radius 1 is 1.19 bits per heavy atom. The summed E-state index contributed by atoms with van der Waals surface area (Å²) in [6.45, 7) is 8.55.